The Morgan fingerprint density at radius 1 is 1.19 bits per heavy atom. The molecule has 0 saturated carbocycles. The summed E-state index contributed by atoms with van der Waals surface area (Å²) < 4.78 is 23.9. The van der Waals surface area contributed by atoms with Crippen LogP contribution in [0.3, 0.4) is 0 Å². The van der Waals surface area contributed by atoms with Gasteiger partial charge in [-0.2, -0.15) is 0 Å². The van der Waals surface area contributed by atoms with Crippen LogP contribution in [0.2, 0.25) is 0 Å². The van der Waals surface area contributed by atoms with Gasteiger partial charge in [-0.25, -0.2) is 8.42 Å². The van der Waals surface area contributed by atoms with Crippen molar-refractivity contribution in [3.05, 3.63) is 24.3 Å². The maximum atomic E-state index is 12.1. The molecular formula is C19H30N2O3S2. The van der Waals surface area contributed by atoms with E-state index in [1.54, 1.807) is 30.8 Å². The summed E-state index contributed by atoms with van der Waals surface area (Å²) in [6.07, 6.45) is 1.81. The van der Waals surface area contributed by atoms with Gasteiger partial charge in [0, 0.05) is 29.6 Å². The second kappa shape index (κ2) is 8.65. The smallest absolute Gasteiger partial charge is 0.230 e. The number of rotatable bonds is 6. The molecule has 0 bridgehead atoms. The number of piperidine rings is 1. The third-order valence-electron chi connectivity index (χ3n) is 4.44. The van der Waals surface area contributed by atoms with Crippen molar-refractivity contribution in [1.82, 2.24) is 5.32 Å². The molecule has 2 rings (SSSR count). The Hall–Kier alpha value is -1.21. The summed E-state index contributed by atoms with van der Waals surface area (Å²) in [6, 6.07) is 7.35. The van der Waals surface area contributed by atoms with Crippen molar-refractivity contribution in [3.8, 4) is 0 Å². The van der Waals surface area contributed by atoms with Gasteiger partial charge in [0.05, 0.1) is 16.4 Å². The Morgan fingerprint density at radius 3 is 2.27 bits per heavy atom. The van der Waals surface area contributed by atoms with Crippen LogP contribution in [-0.2, 0) is 14.6 Å². The number of amides is 1. The number of benzene rings is 1. The van der Waals surface area contributed by atoms with Gasteiger partial charge in [0.15, 0.2) is 9.84 Å². The molecule has 0 atom stereocenters. The van der Waals surface area contributed by atoms with E-state index in [0.29, 0.717) is 10.6 Å². The van der Waals surface area contributed by atoms with Crippen LogP contribution >= 0.6 is 11.8 Å². The van der Waals surface area contributed by atoms with Crippen LogP contribution in [0.4, 0.5) is 5.69 Å². The van der Waals surface area contributed by atoms with Crippen LogP contribution in [0.1, 0.15) is 40.5 Å². The van der Waals surface area contributed by atoms with E-state index in [9.17, 15) is 13.2 Å². The molecule has 0 aliphatic carbocycles. The van der Waals surface area contributed by atoms with E-state index in [4.69, 9.17) is 0 Å². The average Bonchev–Trinajstić information content (AvgIpc) is 2.60. The molecule has 5 nitrogen and oxygen atoms in total. The topological polar surface area (TPSA) is 66.5 Å². The van der Waals surface area contributed by atoms with E-state index in [1.165, 1.54) is 0 Å². The third kappa shape index (κ3) is 6.20. The number of sulfone groups is 1. The van der Waals surface area contributed by atoms with Gasteiger partial charge in [0.25, 0.3) is 0 Å². The molecule has 1 heterocycles. The van der Waals surface area contributed by atoms with Crippen molar-refractivity contribution in [2.75, 3.05) is 29.5 Å². The molecule has 1 amide bonds. The zero-order valence-corrected chi connectivity index (χ0v) is 17.8. The lowest BCUT2D eigenvalue weighted by Gasteiger charge is -2.34. The van der Waals surface area contributed by atoms with Crippen LogP contribution in [-0.4, -0.2) is 49.7 Å². The summed E-state index contributed by atoms with van der Waals surface area (Å²) in [4.78, 5) is 14.7. The van der Waals surface area contributed by atoms with Crippen molar-refractivity contribution in [2.24, 2.45) is 0 Å². The highest BCUT2D eigenvalue weighted by molar-refractivity contribution is 8.01. The summed E-state index contributed by atoms with van der Waals surface area (Å²) in [6.45, 7) is 9.71. The lowest BCUT2D eigenvalue weighted by atomic mass is 10.0. The maximum absolute atomic E-state index is 12.1. The molecule has 0 aromatic heterocycles. The summed E-state index contributed by atoms with van der Waals surface area (Å²) in [7, 11) is -3.15. The molecule has 1 saturated heterocycles. The maximum Gasteiger partial charge on any atom is 0.230 e. The number of nitrogens with zero attached hydrogens (tertiary/aromatic N) is 1. The highest BCUT2D eigenvalue weighted by Gasteiger charge is 2.22. The van der Waals surface area contributed by atoms with Crippen molar-refractivity contribution in [1.29, 1.82) is 0 Å². The first-order chi connectivity index (χ1) is 12.1. The minimum Gasteiger partial charge on any atom is -0.371 e. The van der Waals surface area contributed by atoms with Gasteiger partial charge in [-0.3, -0.25) is 4.79 Å². The predicted molar refractivity (Wildman–Crippen MR) is 110 cm³/mol. The average molecular weight is 399 g/mol. The monoisotopic (exact) mass is 398 g/mol. The molecule has 1 aromatic carbocycles. The Balaban J connectivity index is 1.84. The molecule has 146 valence electrons. The minimum atomic E-state index is -3.15. The Bertz CT molecular complexity index is 701. The van der Waals surface area contributed by atoms with Gasteiger partial charge < -0.3 is 10.2 Å². The quantitative estimate of drug-likeness (QED) is 0.798. The predicted octanol–water partition coefficient (Wildman–Crippen LogP) is 3.10. The lowest BCUT2D eigenvalue weighted by molar-refractivity contribution is -0.119. The molecule has 0 radical (unpaired) electrons. The molecule has 1 N–H and O–H groups in total. The normalized spacial score (nSPS) is 16.5. The molecule has 7 heteroatoms. The van der Waals surface area contributed by atoms with E-state index in [0.717, 1.165) is 31.6 Å². The number of hydrogen-bond donors (Lipinski definition) is 1. The fourth-order valence-electron chi connectivity index (χ4n) is 2.86. The molecule has 26 heavy (non-hydrogen) atoms. The lowest BCUT2D eigenvalue weighted by Crippen LogP contribution is -2.45. The fourth-order valence-corrected chi connectivity index (χ4v) is 4.40. The Morgan fingerprint density at radius 2 is 1.77 bits per heavy atom. The van der Waals surface area contributed by atoms with Gasteiger partial charge in [0.1, 0.15) is 0 Å². The number of hydrogen-bond acceptors (Lipinski definition) is 5. The van der Waals surface area contributed by atoms with Gasteiger partial charge in [-0.15, -0.1) is 11.8 Å². The summed E-state index contributed by atoms with van der Waals surface area (Å²) in [5.74, 6) is 0.722. The zero-order chi connectivity index (χ0) is 19.4. The van der Waals surface area contributed by atoms with Crippen molar-refractivity contribution in [2.45, 2.75) is 56.2 Å². The van der Waals surface area contributed by atoms with Gasteiger partial charge in [-0.1, -0.05) is 27.7 Å². The third-order valence-corrected chi connectivity index (χ3v) is 7.46. The minimum absolute atomic E-state index is 0.0954. The van der Waals surface area contributed by atoms with E-state index in [1.807, 2.05) is 12.1 Å². The molecule has 0 unspecified atom stereocenters. The van der Waals surface area contributed by atoms with Gasteiger partial charge in [-0.05, 0) is 37.1 Å². The largest absolute Gasteiger partial charge is 0.371 e. The molecular weight excluding hydrogens is 368 g/mol. The number of anilines is 1. The van der Waals surface area contributed by atoms with Crippen LogP contribution in [0.5, 0.6) is 0 Å². The van der Waals surface area contributed by atoms with Crippen LogP contribution in [0.15, 0.2) is 29.2 Å². The Labute approximate surface area is 161 Å². The molecule has 0 spiro atoms. The standard InChI is InChI=1S/C19H30N2O3S2/c1-5-26(23,24)17-8-6-16(7-9-17)21-12-10-15(11-13-21)20-18(22)14-25-19(2,3)4/h6-9,15H,5,10-14H2,1-4H3,(H,20,22). The summed E-state index contributed by atoms with van der Waals surface area (Å²) in [5.41, 5.74) is 1.04. The van der Waals surface area contributed by atoms with E-state index in [-0.39, 0.29) is 22.4 Å². The summed E-state index contributed by atoms with van der Waals surface area (Å²) in [5, 5.41) is 3.13. The first kappa shape index (κ1) is 21.1. The molecule has 1 aromatic rings. The highest BCUT2D eigenvalue weighted by atomic mass is 32.2. The first-order valence-electron chi connectivity index (χ1n) is 9.12. The second-order valence-corrected chi connectivity index (χ2v) is 11.7. The highest BCUT2D eigenvalue weighted by Crippen LogP contribution is 2.24. The second-order valence-electron chi connectivity index (χ2n) is 7.63. The number of nitrogens with one attached hydrogen (secondary N) is 1. The van der Waals surface area contributed by atoms with Crippen molar-refractivity contribution >= 4 is 33.2 Å². The number of carbonyl (C=O) groups is 1. The summed E-state index contributed by atoms with van der Waals surface area (Å²) >= 11 is 1.66. The molecule has 1 aliphatic rings. The molecule has 1 aliphatic heterocycles. The first-order valence-corrected chi connectivity index (χ1v) is 11.8. The van der Waals surface area contributed by atoms with Gasteiger partial charge >= 0.3 is 0 Å². The molecule has 1 fully saturated rings. The zero-order valence-electron chi connectivity index (χ0n) is 16.1. The van der Waals surface area contributed by atoms with Crippen molar-refractivity contribution in [3.63, 3.8) is 0 Å². The number of carbonyl (C=O) groups excluding carboxylic acids is 1. The van der Waals surface area contributed by atoms with E-state index in [2.05, 4.69) is 31.0 Å². The SMILES string of the molecule is CCS(=O)(=O)c1ccc(N2CCC(NC(=O)CSC(C)(C)C)CC2)cc1. The van der Waals surface area contributed by atoms with Gasteiger partial charge in [0.2, 0.25) is 5.91 Å². The van der Waals surface area contributed by atoms with Crippen LogP contribution in [0, 0.1) is 0 Å². The Kier molecular flexibility index (Phi) is 7.02. The van der Waals surface area contributed by atoms with Crippen molar-refractivity contribution < 1.29 is 13.2 Å². The fraction of sp³-hybridized carbons (Fsp3) is 0.632. The van der Waals surface area contributed by atoms with Crippen LogP contribution in [0.25, 0.3) is 0 Å². The van der Waals surface area contributed by atoms with E-state index >= 15 is 0 Å². The van der Waals surface area contributed by atoms with E-state index < -0.39 is 9.84 Å². The number of thioether (sulfide) groups is 1. The van der Waals surface area contributed by atoms with Crippen LogP contribution < -0.4 is 10.2 Å².